The van der Waals surface area contributed by atoms with Gasteiger partial charge in [0.15, 0.2) is 11.5 Å². The third kappa shape index (κ3) is 6.49. The molecule has 0 aliphatic heterocycles. The van der Waals surface area contributed by atoms with E-state index >= 15 is 0 Å². The molecule has 132 valence electrons. The zero-order valence-electron chi connectivity index (χ0n) is 14.5. The van der Waals surface area contributed by atoms with Crippen molar-refractivity contribution in [2.75, 3.05) is 41.1 Å². The van der Waals surface area contributed by atoms with Crippen molar-refractivity contribution in [3.63, 3.8) is 0 Å². The van der Waals surface area contributed by atoms with Crippen LogP contribution in [-0.2, 0) is 11.3 Å². The fraction of sp³-hybridized carbons (Fsp3) is 0.562. The molecule has 0 radical (unpaired) electrons. The predicted octanol–water partition coefficient (Wildman–Crippen LogP) is 2.81. The summed E-state index contributed by atoms with van der Waals surface area (Å²) in [7, 11) is 6.97. The van der Waals surface area contributed by atoms with Gasteiger partial charge in [0, 0.05) is 24.9 Å². The number of carbonyl (C=O) groups excluding carboxylic acids is 1. The molecule has 0 saturated carbocycles. The molecule has 0 atom stereocenters. The van der Waals surface area contributed by atoms with Gasteiger partial charge < -0.3 is 19.7 Å². The molecule has 7 heteroatoms. The Morgan fingerprint density at radius 1 is 1.26 bits per heavy atom. The lowest BCUT2D eigenvalue weighted by atomic mass is 10.1. The number of hydrogen-bond acceptors (Lipinski definition) is 5. The monoisotopic (exact) mass is 362 g/mol. The maximum atomic E-state index is 12.1. The number of carbonyl (C=O) groups is 1. The van der Waals surface area contributed by atoms with Gasteiger partial charge in [0.25, 0.3) is 0 Å². The molecule has 0 aliphatic carbocycles. The second-order valence-corrected chi connectivity index (χ2v) is 5.82. The van der Waals surface area contributed by atoms with Gasteiger partial charge in [-0.3, -0.25) is 4.79 Å². The summed E-state index contributed by atoms with van der Waals surface area (Å²) < 4.78 is 10.7. The highest BCUT2D eigenvalue weighted by molar-refractivity contribution is 7.98. The third-order valence-corrected chi connectivity index (χ3v) is 4.26. The van der Waals surface area contributed by atoms with Crippen LogP contribution in [0.4, 0.5) is 0 Å². The van der Waals surface area contributed by atoms with E-state index in [1.165, 1.54) is 0 Å². The summed E-state index contributed by atoms with van der Waals surface area (Å²) in [4.78, 5) is 15.0. The zero-order valence-corrected chi connectivity index (χ0v) is 16.1. The Balaban J connectivity index is 0.00000484. The van der Waals surface area contributed by atoms with E-state index in [2.05, 4.69) is 5.32 Å². The van der Waals surface area contributed by atoms with Crippen molar-refractivity contribution in [3.8, 4) is 11.5 Å². The molecule has 23 heavy (non-hydrogen) atoms. The molecule has 1 rings (SSSR count). The van der Waals surface area contributed by atoms with Crippen molar-refractivity contribution < 1.29 is 14.3 Å². The van der Waals surface area contributed by atoms with Gasteiger partial charge in [0.05, 0.1) is 14.2 Å². The highest BCUT2D eigenvalue weighted by Gasteiger charge is 2.15. The van der Waals surface area contributed by atoms with Gasteiger partial charge in [-0.05, 0) is 44.0 Å². The number of ether oxygens (including phenoxy) is 2. The average Bonchev–Trinajstić information content (AvgIpc) is 2.54. The number of amides is 1. The lowest BCUT2D eigenvalue weighted by molar-refractivity contribution is -0.130. The summed E-state index contributed by atoms with van der Waals surface area (Å²) in [6, 6.07) is 3.90. The number of hydrogen-bond donors (Lipinski definition) is 1. The highest BCUT2D eigenvalue weighted by Crippen LogP contribution is 2.35. The third-order valence-electron chi connectivity index (χ3n) is 3.44. The normalized spacial score (nSPS) is 9.96. The number of halogens is 1. The Morgan fingerprint density at radius 2 is 1.87 bits per heavy atom. The average molecular weight is 363 g/mol. The fourth-order valence-electron chi connectivity index (χ4n) is 2.17. The van der Waals surface area contributed by atoms with Gasteiger partial charge in [0.1, 0.15) is 0 Å². The van der Waals surface area contributed by atoms with Crippen LogP contribution in [0.15, 0.2) is 17.0 Å². The minimum absolute atomic E-state index is 0. The van der Waals surface area contributed by atoms with Gasteiger partial charge in [0.2, 0.25) is 5.91 Å². The van der Waals surface area contributed by atoms with Crippen LogP contribution in [0.3, 0.4) is 0 Å². The fourth-order valence-corrected chi connectivity index (χ4v) is 2.78. The quantitative estimate of drug-likeness (QED) is 0.540. The van der Waals surface area contributed by atoms with E-state index in [-0.39, 0.29) is 18.3 Å². The first kappa shape index (κ1) is 21.9. The van der Waals surface area contributed by atoms with Crippen LogP contribution in [0.5, 0.6) is 11.5 Å². The van der Waals surface area contributed by atoms with Gasteiger partial charge in [-0.2, -0.15) is 0 Å². The van der Waals surface area contributed by atoms with Crippen LogP contribution >= 0.6 is 24.2 Å². The standard InChI is InChI=1S/C16H26N2O3S.ClH/c1-17-8-6-7-16(19)18(2)11-12-9-13(20-3)14(21-4)10-15(12)22-5;/h9-10,17H,6-8,11H2,1-5H3;1H. The first-order chi connectivity index (χ1) is 10.6. The van der Waals surface area contributed by atoms with Crippen LogP contribution in [-0.4, -0.2) is 51.9 Å². The number of benzene rings is 1. The molecule has 0 spiro atoms. The van der Waals surface area contributed by atoms with Crippen LogP contribution in [0.1, 0.15) is 18.4 Å². The largest absolute Gasteiger partial charge is 0.493 e. The summed E-state index contributed by atoms with van der Waals surface area (Å²) >= 11 is 1.64. The molecular weight excluding hydrogens is 336 g/mol. The Labute approximate surface area is 149 Å². The zero-order chi connectivity index (χ0) is 16.5. The lowest BCUT2D eigenvalue weighted by Gasteiger charge is -2.20. The van der Waals surface area contributed by atoms with E-state index < -0.39 is 0 Å². The van der Waals surface area contributed by atoms with Crippen LogP contribution in [0.25, 0.3) is 0 Å². The van der Waals surface area contributed by atoms with E-state index in [0.717, 1.165) is 23.4 Å². The SMILES string of the molecule is CNCCCC(=O)N(C)Cc1cc(OC)c(OC)cc1SC.Cl. The first-order valence-electron chi connectivity index (χ1n) is 7.24. The number of nitrogens with zero attached hydrogens (tertiary/aromatic N) is 1. The van der Waals surface area contributed by atoms with Gasteiger partial charge in [-0.15, -0.1) is 24.2 Å². The molecule has 0 aromatic heterocycles. The topological polar surface area (TPSA) is 50.8 Å². The van der Waals surface area contributed by atoms with Crippen molar-refractivity contribution in [1.29, 1.82) is 0 Å². The van der Waals surface area contributed by atoms with Crippen molar-refractivity contribution >= 4 is 30.1 Å². The predicted molar refractivity (Wildman–Crippen MR) is 98.2 cm³/mol. The Bertz CT molecular complexity index is 500. The molecule has 1 N–H and O–H groups in total. The molecule has 0 unspecified atom stereocenters. The van der Waals surface area contributed by atoms with E-state index in [4.69, 9.17) is 9.47 Å². The second kappa shape index (κ2) is 11.4. The van der Waals surface area contributed by atoms with E-state index in [0.29, 0.717) is 24.5 Å². The van der Waals surface area contributed by atoms with Gasteiger partial charge in [-0.1, -0.05) is 0 Å². The number of nitrogens with one attached hydrogen (secondary N) is 1. The number of thioether (sulfide) groups is 1. The van der Waals surface area contributed by atoms with Gasteiger partial charge in [-0.25, -0.2) is 0 Å². The molecule has 0 fully saturated rings. The summed E-state index contributed by atoms with van der Waals surface area (Å²) in [6.07, 6.45) is 3.42. The summed E-state index contributed by atoms with van der Waals surface area (Å²) in [5, 5.41) is 3.05. The molecule has 0 heterocycles. The maximum Gasteiger partial charge on any atom is 0.222 e. The van der Waals surface area contributed by atoms with Crippen LogP contribution in [0, 0.1) is 0 Å². The summed E-state index contributed by atoms with van der Waals surface area (Å²) in [5.41, 5.74) is 1.06. The van der Waals surface area contributed by atoms with E-state index in [9.17, 15) is 4.79 Å². The minimum Gasteiger partial charge on any atom is -0.493 e. The summed E-state index contributed by atoms with van der Waals surface area (Å²) in [5.74, 6) is 1.54. The van der Waals surface area contributed by atoms with Crippen LogP contribution in [0.2, 0.25) is 0 Å². The minimum atomic E-state index is 0. The van der Waals surface area contributed by atoms with Crippen molar-refractivity contribution in [2.24, 2.45) is 0 Å². The molecule has 1 aromatic carbocycles. The molecule has 0 saturated heterocycles. The van der Waals surface area contributed by atoms with Crippen LogP contribution < -0.4 is 14.8 Å². The van der Waals surface area contributed by atoms with Crippen molar-refractivity contribution in [2.45, 2.75) is 24.3 Å². The molecule has 1 aromatic rings. The molecular formula is C16H27ClN2O3S. The highest BCUT2D eigenvalue weighted by atomic mass is 35.5. The van der Waals surface area contributed by atoms with Gasteiger partial charge >= 0.3 is 0 Å². The molecule has 0 bridgehead atoms. The van der Waals surface area contributed by atoms with E-state index in [1.807, 2.05) is 32.5 Å². The maximum absolute atomic E-state index is 12.1. The Kier molecular flexibility index (Phi) is 10.9. The first-order valence-corrected chi connectivity index (χ1v) is 8.47. The molecule has 5 nitrogen and oxygen atoms in total. The van der Waals surface area contributed by atoms with Crippen molar-refractivity contribution in [1.82, 2.24) is 10.2 Å². The Hall–Kier alpha value is -1.11. The Morgan fingerprint density at radius 3 is 2.39 bits per heavy atom. The lowest BCUT2D eigenvalue weighted by Crippen LogP contribution is -2.27. The molecule has 0 aliphatic rings. The smallest absolute Gasteiger partial charge is 0.222 e. The number of methoxy groups -OCH3 is 2. The van der Waals surface area contributed by atoms with E-state index in [1.54, 1.807) is 30.9 Å². The molecule has 1 amide bonds. The second-order valence-electron chi connectivity index (χ2n) is 4.98. The number of rotatable bonds is 9. The summed E-state index contributed by atoms with van der Waals surface area (Å²) in [6.45, 7) is 1.42. The van der Waals surface area contributed by atoms with Crippen molar-refractivity contribution in [3.05, 3.63) is 17.7 Å².